The van der Waals surface area contributed by atoms with Crippen LogP contribution in [0.3, 0.4) is 0 Å². The SMILES string of the molecule is CCc1nccn1-c1nccnc1C1CCCN(Cc2ccccn2)C1. The Labute approximate surface area is 154 Å². The van der Waals surface area contributed by atoms with E-state index in [9.17, 15) is 0 Å². The largest absolute Gasteiger partial charge is 0.297 e. The number of likely N-dealkylation sites (tertiary alicyclic amines) is 1. The van der Waals surface area contributed by atoms with Crippen LogP contribution in [0, 0.1) is 0 Å². The molecule has 1 unspecified atom stereocenters. The Hall–Kier alpha value is -2.60. The van der Waals surface area contributed by atoms with Crippen LogP contribution < -0.4 is 0 Å². The maximum absolute atomic E-state index is 4.72. The third-order valence-corrected chi connectivity index (χ3v) is 4.97. The van der Waals surface area contributed by atoms with Gasteiger partial charge in [0, 0.05) is 56.4 Å². The molecule has 26 heavy (non-hydrogen) atoms. The summed E-state index contributed by atoms with van der Waals surface area (Å²) >= 11 is 0. The van der Waals surface area contributed by atoms with Gasteiger partial charge in [-0.3, -0.25) is 19.4 Å². The average Bonchev–Trinajstić information content (AvgIpc) is 3.18. The smallest absolute Gasteiger partial charge is 0.160 e. The summed E-state index contributed by atoms with van der Waals surface area (Å²) in [4.78, 5) is 20.8. The lowest BCUT2D eigenvalue weighted by Gasteiger charge is -2.32. The van der Waals surface area contributed by atoms with Gasteiger partial charge < -0.3 is 0 Å². The first-order valence-corrected chi connectivity index (χ1v) is 9.31. The monoisotopic (exact) mass is 348 g/mol. The predicted molar refractivity (Wildman–Crippen MR) is 100 cm³/mol. The van der Waals surface area contributed by atoms with Crippen molar-refractivity contribution in [3.63, 3.8) is 0 Å². The fraction of sp³-hybridized carbons (Fsp3) is 0.400. The van der Waals surface area contributed by atoms with Crippen molar-refractivity contribution in [2.24, 2.45) is 0 Å². The van der Waals surface area contributed by atoms with Gasteiger partial charge in [0.25, 0.3) is 0 Å². The second kappa shape index (κ2) is 7.74. The van der Waals surface area contributed by atoms with E-state index in [0.29, 0.717) is 5.92 Å². The molecule has 1 aliphatic rings. The van der Waals surface area contributed by atoms with Crippen molar-refractivity contribution < 1.29 is 0 Å². The van der Waals surface area contributed by atoms with E-state index in [1.165, 1.54) is 0 Å². The van der Waals surface area contributed by atoms with Gasteiger partial charge in [0.05, 0.1) is 11.4 Å². The van der Waals surface area contributed by atoms with Gasteiger partial charge in [-0.05, 0) is 31.5 Å². The Bertz CT molecular complexity index is 844. The summed E-state index contributed by atoms with van der Waals surface area (Å²) in [6.07, 6.45) is 12.4. The van der Waals surface area contributed by atoms with Crippen LogP contribution in [0.5, 0.6) is 0 Å². The molecule has 6 heteroatoms. The van der Waals surface area contributed by atoms with Crippen molar-refractivity contribution >= 4 is 0 Å². The molecule has 0 aliphatic carbocycles. The molecule has 0 bridgehead atoms. The number of nitrogens with zero attached hydrogens (tertiary/aromatic N) is 6. The lowest BCUT2D eigenvalue weighted by molar-refractivity contribution is 0.196. The molecule has 6 nitrogen and oxygen atoms in total. The van der Waals surface area contributed by atoms with Crippen LogP contribution in [0.1, 0.15) is 42.9 Å². The first-order valence-electron chi connectivity index (χ1n) is 9.31. The van der Waals surface area contributed by atoms with E-state index in [0.717, 1.165) is 61.9 Å². The fourth-order valence-corrected chi connectivity index (χ4v) is 3.75. The number of piperidine rings is 1. The van der Waals surface area contributed by atoms with Crippen molar-refractivity contribution in [3.05, 3.63) is 66.4 Å². The maximum atomic E-state index is 4.72. The number of aryl methyl sites for hydroxylation is 1. The zero-order valence-corrected chi connectivity index (χ0v) is 15.1. The average molecular weight is 348 g/mol. The molecule has 0 amide bonds. The number of hydrogen-bond acceptors (Lipinski definition) is 5. The zero-order valence-electron chi connectivity index (χ0n) is 15.1. The standard InChI is InChI=1S/C20H24N6/c1-2-18-22-11-13-26(18)20-19(23-9-10-24-20)16-6-5-12-25(14-16)15-17-7-3-4-8-21-17/h3-4,7-11,13,16H,2,5-6,12,14-15H2,1H3. The third kappa shape index (κ3) is 3.51. The van der Waals surface area contributed by atoms with Gasteiger partial charge in [0.1, 0.15) is 5.82 Å². The summed E-state index contributed by atoms with van der Waals surface area (Å²) < 4.78 is 2.08. The lowest BCUT2D eigenvalue weighted by atomic mass is 9.94. The van der Waals surface area contributed by atoms with Crippen molar-refractivity contribution in [1.29, 1.82) is 0 Å². The van der Waals surface area contributed by atoms with Crippen molar-refractivity contribution in [1.82, 2.24) is 29.4 Å². The Balaban J connectivity index is 1.58. The van der Waals surface area contributed by atoms with Crippen LogP contribution in [0.25, 0.3) is 5.82 Å². The highest BCUT2D eigenvalue weighted by Crippen LogP contribution is 2.29. The molecule has 1 atom stereocenters. The summed E-state index contributed by atoms with van der Waals surface area (Å²) in [6, 6.07) is 6.11. The lowest BCUT2D eigenvalue weighted by Crippen LogP contribution is -2.35. The molecule has 4 heterocycles. The second-order valence-electron chi connectivity index (χ2n) is 6.73. The summed E-state index contributed by atoms with van der Waals surface area (Å²) in [5.41, 5.74) is 2.20. The van der Waals surface area contributed by atoms with Gasteiger partial charge in [0.15, 0.2) is 5.82 Å². The minimum Gasteiger partial charge on any atom is -0.297 e. The summed E-state index contributed by atoms with van der Waals surface area (Å²) in [5, 5.41) is 0. The molecule has 134 valence electrons. The van der Waals surface area contributed by atoms with E-state index < -0.39 is 0 Å². The van der Waals surface area contributed by atoms with Gasteiger partial charge in [0.2, 0.25) is 0 Å². The summed E-state index contributed by atoms with van der Waals surface area (Å²) in [7, 11) is 0. The van der Waals surface area contributed by atoms with Crippen molar-refractivity contribution in [3.8, 4) is 5.82 Å². The minimum absolute atomic E-state index is 0.378. The van der Waals surface area contributed by atoms with Crippen LogP contribution in [-0.2, 0) is 13.0 Å². The highest BCUT2D eigenvalue weighted by molar-refractivity contribution is 5.33. The maximum Gasteiger partial charge on any atom is 0.160 e. The third-order valence-electron chi connectivity index (χ3n) is 4.97. The van der Waals surface area contributed by atoms with E-state index in [-0.39, 0.29) is 0 Å². The summed E-state index contributed by atoms with van der Waals surface area (Å²) in [5.74, 6) is 2.32. The first-order chi connectivity index (χ1) is 12.8. The number of rotatable bonds is 5. The molecule has 3 aromatic rings. The molecule has 0 N–H and O–H groups in total. The highest BCUT2D eigenvalue weighted by Gasteiger charge is 2.26. The van der Waals surface area contributed by atoms with Crippen LogP contribution in [-0.4, -0.2) is 42.5 Å². The van der Waals surface area contributed by atoms with Crippen molar-refractivity contribution in [2.45, 2.75) is 38.6 Å². The topological polar surface area (TPSA) is 59.7 Å². The molecular weight excluding hydrogens is 324 g/mol. The van der Waals surface area contributed by atoms with E-state index in [4.69, 9.17) is 4.98 Å². The minimum atomic E-state index is 0.378. The van der Waals surface area contributed by atoms with Crippen LogP contribution in [0.2, 0.25) is 0 Å². The number of imidazole rings is 1. The van der Waals surface area contributed by atoms with E-state index >= 15 is 0 Å². The Morgan fingerprint density at radius 3 is 2.81 bits per heavy atom. The van der Waals surface area contributed by atoms with Crippen LogP contribution in [0.4, 0.5) is 0 Å². The van der Waals surface area contributed by atoms with Gasteiger partial charge in [-0.2, -0.15) is 0 Å². The van der Waals surface area contributed by atoms with Gasteiger partial charge >= 0.3 is 0 Å². The molecule has 0 aromatic carbocycles. The Morgan fingerprint density at radius 2 is 1.96 bits per heavy atom. The number of hydrogen-bond donors (Lipinski definition) is 0. The molecule has 1 aliphatic heterocycles. The van der Waals surface area contributed by atoms with Crippen LogP contribution in [0.15, 0.2) is 49.2 Å². The second-order valence-corrected chi connectivity index (χ2v) is 6.73. The van der Waals surface area contributed by atoms with Gasteiger partial charge in [-0.25, -0.2) is 9.97 Å². The molecule has 4 rings (SSSR count). The Kier molecular flexibility index (Phi) is 5.02. The molecule has 0 radical (unpaired) electrons. The van der Waals surface area contributed by atoms with E-state index in [2.05, 4.69) is 43.5 Å². The molecule has 3 aromatic heterocycles. The quantitative estimate of drug-likeness (QED) is 0.709. The first kappa shape index (κ1) is 16.8. The molecule has 0 saturated carbocycles. The molecular formula is C20H24N6. The molecule has 0 spiro atoms. The Morgan fingerprint density at radius 1 is 1.04 bits per heavy atom. The van der Waals surface area contributed by atoms with Gasteiger partial charge in [-0.15, -0.1) is 0 Å². The van der Waals surface area contributed by atoms with E-state index in [1.54, 1.807) is 12.4 Å². The summed E-state index contributed by atoms with van der Waals surface area (Å²) in [6.45, 7) is 5.09. The predicted octanol–water partition coefficient (Wildman–Crippen LogP) is 3.00. The fourth-order valence-electron chi connectivity index (χ4n) is 3.75. The zero-order chi connectivity index (χ0) is 17.8. The molecule has 1 saturated heterocycles. The van der Waals surface area contributed by atoms with Crippen LogP contribution >= 0.6 is 0 Å². The number of pyridine rings is 1. The van der Waals surface area contributed by atoms with E-state index in [1.807, 2.05) is 24.7 Å². The highest BCUT2D eigenvalue weighted by atomic mass is 15.2. The number of aromatic nitrogens is 5. The van der Waals surface area contributed by atoms with Crippen molar-refractivity contribution in [2.75, 3.05) is 13.1 Å². The molecule has 1 fully saturated rings. The van der Waals surface area contributed by atoms with Gasteiger partial charge in [-0.1, -0.05) is 13.0 Å². The normalized spacial score (nSPS) is 18.1.